The number of halogens is 2. The lowest BCUT2D eigenvalue weighted by atomic mass is 9.78. The van der Waals surface area contributed by atoms with E-state index in [0.717, 1.165) is 36.9 Å². The molecular weight excluding hydrogens is 371 g/mol. The lowest BCUT2D eigenvalue weighted by Crippen LogP contribution is -2.38. The summed E-state index contributed by atoms with van der Waals surface area (Å²) in [6.45, 7) is 4.32. The molecule has 1 aliphatic carbocycles. The Morgan fingerprint density at radius 3 is 2.58 bits per heavy atom. The number of ether oxygens (including phenoxy) is 1. The normalized spacial score (nSPS) is 15.7. The number of anilines is 1. The molecule has 1 N–H and O–H groups in total. The fraction of sp³-hybridized carbons (Fsp3) is 0.400. The van der Waals surface area contributed by atoms with Gasteiger partial charge in [-0.15, -0.1) is 0 Å². The van der Waals surface area contributed by atoms with Gasteiger partial charge in [-0.2, -0.15) is 0 Å². The third-order valence-corrected chi connectivity index (χ3v) is 5.49. The molecule has 138 valence electrons. The van der Waals surface area contributed by atoms with Crippen LogP contribution in [0.25, 0.3) is 0 Å². The fourth-order valence-electron chi connectivity index (χ4n) is 3.62. The molecule has 1 heterocycles. The SMILES string of the molecule is CCOc1ccc(NC(=O)C2(c3ccc(Cl)cc3Cl)CCCC2)c(C)n1. The van der Waals surface area contributed by atoms with Crippen LogP contribution in [0.2, 0.25) is 10.0 Å². The van der Waals surface area contributed by atoms with Gasteiger partial charge < -0.3 is 10.1 Å². The summed E-state index contributed by atoms with van der Waals surface area (Å²) in [7, 11) is 0. The number of carbonyl (C=O) groups is 1. The van der Waals surface area contributed by atoms with Gasteiger partial charge in [-0.3, -0.25) is 4.79 Å². The molecule has 2 aromatic rings. The molecule has 0 bridgehead atoms. The van der Waals surface area contributed by atoms with Crippen LogP contribution < -0.4 is 10.1 Å². The predicted octanol–water partition coefficient (Wildman–Crippen LogP) is 5.55. The maximum Gasteiger partial charge on any atom is 0.235 e. The number of nitrogens with one attached hydrogen (secondary N) is 1. The molecule has 0 saturated heterocycles. The summed E-state index contributed by atoms with van der Waals surface area (Å²) in [5.41, 5.74) is 1.62. The van der Waals surface area contributed by atoms with E-state index >= 15 is 0 Å². The molecular formula is C20H22Cl2N2O2. The van der Waals surface area contributed by atoms with Crippen LogP contribution in [0.5, 0.6) is 5.88 Å². The molecule has 1 aliphatic rings. The van der Waals surface area contributed by atoms with E-state index < -0.39 is 5.41 Å². The number of hydrogen-bond donors (Lipinski definition) is 1. The Morgan fingerprint density at radius 1 is 1.23 bits per heavy atom. The monoisotopic (exact) mass is 392 g/mol. The highest BCUT2D eigenvalue weighted by Gasteiger charge is 2.44. The second-order valence-electron chi connectivity index (χ2n) is 6.58. The van der Waals surface area contributed by atoms with E-state index in [9.17, 15) is 4.79 Å². The van der Waals surface area contributed by atoms with Crippen LogP contribution in [0, 0.1) is 6.92 Å². The van der Waals surface area contributed by atoms with Gasteiger partial charge in [-0.1, -0.05) is 42.1 Å². The zero-order chi connectivity index (χ0) is 18.7. The summed E-state index contributed by atoms with van der Waals surface area (Å²) in [5, 5.41) is 4.16. The van der Waals surface area contributed by atoms with E-state index in [0.29, 0.717) is 28.2 Å². The van der Waals surface area contributed by atoms with E-state index in [1.807, 2.05) is 26.0 Å². The van der Waals surface area contributed by atoms with E-state index in [-0.39, 0.29) is 5.91 Å². The average Bonchev–Trinajstić information content (AvgIpc) is 3.08. The Hall–Kier alpha value is -1.78. The lowest BCUT2D eigenvalue weighted by molar-refractivity contribution is -0.121. The van der Waals surface area contributed by atoms with Gasteiger partial charge in [0.05, 0.1) is 23.4 Å². The smallest absolute Gasteiger partial charge is 0.235 e. The number of rotatable bonds is 5. The van der Waals surface area contributed by atoms with Crippen LogP contribution in [0.4, 0.5) is 5.69 Å². The van der Waals surface area contributed by atoms with Crippen molar-refractivity contribution in [1.82, 2.24) is 4.98 Å². The largest absolute Gasteiger partial charge is 0.478 e. The average molecular weight is 393 g/mol. The molecule has 1 amide bonds. The number of benzene rings is 1. The number of carbonyl (C=O) groups excluding carboxylic acids is 1. The summed E-state index contributed by atoms with van der Waals surface area (Å²) in [6.07, 6.45) is 3.52. The van der Waals surface area contributed by atoms with Crippen molar-refractivity contribution in [2.75, 3.05) is 11.9 Å². The Kier molecular flexibility index (Phi) is 5.73. The first-order valence-electron chi connectivity index (χ1n) is 8.84. The highest BCUT2D eigenvalue weighted by molar-refractivity contribution is 6.35. The number of nitrogens with zero attached hydrogens (tertiary/aromatic N) is 1. The molecule has 0 atom stereocenters. The molecule has 1 aromatic carbocycles. The minimum atomic E-state index is -0.632. The van der Waals surface area contributed by atoms with Crippen molar-refractivity contribution >= 4 is 34.8 Å². The maximum absolute atomic E-state index is 13.3. The second-order valence-corrected chi connectivity index (χ2v) is 7.43. The third kappa shape index (κ3) is 3.67. The number of hydrogen-bond acceptors (Lipinski definition) is 3. The molecule has 0 radical (unpaired) electrons. The van der Waals surface area contributed by atoms with Crippen LogP contribution in [-0.4, -0.2) is 17.5 Å². The van der Waals surface area contributed by atoms with Gasteiger partial charge in [-0.05, 0) is 50.5 Å². The molecule has 4 nitrogen and oxygen atoms in total. The van der Waals surface area contributed by atoms with Crippen LogP contribution in [0.15, 0.2) is 30.3 Å². The Bertz CT molecular complexity index is 817. The van der Waals surface area contributed by atoms with E-state index in [4.69, 9.17) is 27.9 Å². The first kappa shape index (κ1) is 19.0. The van der Waals surface area contributed by atoms with Crippen molar-refractivity contribution in [3.8, 4) is 5.88 Å². The van der Waals surface area contributed by atoms with E-state index in [1.54, 1.807) is 18.2 Å². The zero-order valence-corrected chi connectivity index (χ0v) is 16.5. The quantitative estimate of drug-likeness (QED) is 0.725. The van der Waals surface area contributed by atoms with Gasteiger partial charge in [0, 0.05) is 16.1 Å². The van der Waals surface area contributed by atoms with Crippen LogP contribution in [0.3, 0.4) is 0 Å². The Balaban J connectivity index is 1.90. The minimum absolute atomic E-state index is 0.0479. The lowest BCUT2D eigenvalue weighted by Gasteiger charge is -2.29. The van der Waals surface area contributed by atoms with E-state index in [1.165, 1.54) is 0 Å². The number of amides is 1. The van der Waals surface area contributed by atoms with Crippen molar-refractivity contribution in [2.24, 2.45) is 0 Å². The number of aryl methyl sites for hydroxylation is 1. The van der Waals surface area contributed by atoms with E-state index in [2.05, 4.69) is 10.3 Å². The van der Waals surface area contributed by atoms with Crippen molar-refractivity contribution < 1.29 is 9.53 Å². The molecule has 0 unspecified atom stereocenters. The predicted molar refractivity (Wildman–Crippen MR) is 105 cm³/mol. The summed E-state index contributed by atoms with van der Waals surface area (Å²) < 4.78 is 5.41. The summed E-state index contributed by atoms with van der Waals surface area (Å²) in [6, 6.07) is 8.97. The molecule has 0 spiro atoms. The molecule has 3 rings (SSSR count). The van der Waals surface area contributed by atoms with Crippen LogP contribution in [-0.2, 0) is 10.2 Å². The van der Waals surface area contributed by atoms with Gasteiger partial charge in [0.15, 0.2) is 0 Å². The van der Waals surface area contributed by atoms with Gasteiger partial charge >= 0.3 is 0 Å². The first-order chi connectivity index (χ1) is 12.5. The van der Waals surface area contributed by atoms with Crippen LogP contribution in [0.1, 0.15) is 43.9 Å². The van der Waals surface area contributed by atoms with Crippen LogP contribution >= 0.6 is 23.2 Å². The zero-order valence-electron chi connectivity index (χ0n) is 14.9. The maximum atomic E-state index is 13.3. The van der Waals surface area contributed by atoms with Crippen molar-refractivity contribution in [2.45, 2.75) is 44.9 Å². The van der Waals surface area contributed by atoms with Gasteiger partial charge in [-0.25, -0.2) is 4.98 Å². The van der Waals surface area contributed by atoms with Gasteiger partial charge in [0.1, 0.15) is 0 Å². The molecule has 1 fully saturated rings. The molecule has 26 heavy (non-hydrogen) atoms. The third-order valence-electron chi connectivity index (χ3n) is 4.94. The molecule has 6 heteroatoms. The second kappa shape index (κ2) is 7.85. The van der Waals surface area contributed by atoms with Gasteiger partial charge in [0.2, 0.25) is 11.8 Å². The number of pyridine rings is 1. The highest BCUT2D eigenvalue weighted by atomic mass is 35.5. The standard InChI is InChI=1S/C20H22Cl2N2O2/c1-3-26-18-9-8-17(13(2)23-18)24-19(25)20(10-4-5-11-20)15-7-6-14(21)12-16(15)22/h6-9,12H,3-5,10-11H2,1-2H3,(H,24,25). The fourth-order valence-corrected chi connectivity index (χ4v) is 4.20. The topological polar surface area (TPSA) is 51.2 Å². The van der Waals surface area contributed by atoms with Crippen molar-refractivity contribution in [1.29, 1.82) is 0 Å². The Morgan fingerprint density at radius 2 is 1.96 bits per heavy atom. The Labute approximate surface area is 163 Å². The first-order valence-corrected chi connectivity index (χ1v) is 9.59. The molecule has 1 saturated carbocycles. The summed E-state index contributed by atoms with van der Waals surface area (Å²) in [5.74, 6) is 0.507. The number of aromatic nitrogens is 1. The van der Waals surface area contributed by atoms with Crippen molar-refractivity contribution in [3.63, 3.8) is 0 Å². The van der Waals surface area contributed by atoms with Crippen molar-refractivity contribution in [3.05, 3.63) is 51.6 Å². The molecule has 0 aliphatic heterocycles. The summed E-state index contributed by atoms with van der Waals surface area (Å²) >= 11 is 12.5. The minimum Gasteiger partial charge on any atom is -0.478 e. The molecule has 1 aromatic heterocycles. The summed E-state index contributed by atoms with van der Waals surface area (Å²) in [4.78, 5) is 17.7. The van der Waals surface area contributed by atoms with Gasteiger partial charge in [0.25, 0.3) is 0 Å². The highest BCUT2D eigenvalue weighted by Crippen LogP contribution is 2.45.